The number of halogens is 1. The lowest BCUT2D eigenvalue weighted by Gasteiger charge is -2.10. The minimum atomic E-state index is -0.403. The van der Waals surface area contributed by atoms with Crippen molar-refractivity contribution in [2.75, 3.05) is 0 Å². The first kappa shape index (κ1) is 11.4. The molecule has 4 nitrogen and oxygen atoms in total. The molecule has 0 bridgehead atoms. The van der Waals surface area contributed by atoms with Crippen molar-refractivity contribution in [3.8, 4) is 0 Å². The molecule has 2 rings (SSSR count). The van der Waals surface area contributed by atoms with Gasteiger partial charge in [0.15, 0.2) is 0 Å². The van der Waals surface area contributed by atoms with Crippen LogP contribution >= 0.6 is 12.4 Å². The van der Waals surface area contributed by atoms with E-state index in [1.54, 1.807) is 12.3 Å². The largest absolute Gasteiger partial charge is 0.366 e. The number of nitrogens with zero attached hydrogens (tertiary/aromatic N) is 2. The maximum Gasteiger partial charge on any atom is 0.245 e. The summed E-state index contributed by atoms with van der Waals surface area (Å²) >= 11 is 0. The summed E-state index contributed by atoms with van der Waals surface area (Å²) in [4.78, 5) is 10.9. The van der Waals surface area contributed by atoms with Crippen LogP contribution in [0.5, 0.6) is 0 Å². The Hall–Kier alpha value is -1.68. The Morgan fingerprint density at radius 2 is 2.20 bits per heavy atom. The van der Waals surface area contributed by atoms with Gasteiger partial charge in [-0.3, -0.25) is 4.79 Å². The maximum absolute atomic E-state index is 10.9. The first-order chi connectivity index (χ1) is 6.77. The van der Waals surface area contributed by atoms with Crippen LogP contribution in [0.2, 0.25) is 0 Å². The third-order valence-electron chi connectivity index (χ3n) is 2.08. The maximum atomic E-state index is 10.9. The summed E-state index contributed by atoms with van der Waals surface area (Å²) in [5.74, 6) is -0.403. The quantitative estimate of drug-likeness (QED) is 0.712. The summed E-state index contributed by atoms with van der Waals surface area (Å²) in [7, 11) is 0. The number of nitrogens with two attached hydrogens (primary N) is 1. The van der Waals surface area contributed by atoms with Crippen LogP contribution in [0, 0.1) is 0 Å². The highest BCUT2D eigenvalue weighted by Crippen LogP contribution is 2.18. The molecule has 2 N–H and O–H groups in total. The highest BCUT2D eigenvalue weighted by Gasteiger charge is 2.16. The van der Waals surface area contributed by atoms with E-state index in [0.29, 0.717) is 12.0 Å². The summed E-state index contributed by atoms with van der Waals surface area (Å²) in [6.45, 7) is 0. The van der Waals surface area contributed by atoms with Crippen molar-refractivity contribution < 1.29 is 4.79 Å². The average molecular weight is 224 g/mol. The molecule has 0 spiro atoms. The molecule has 2 aliphatic rings. The minimum Gasteiger partial charge on any atom is -0.366 e. The molecule has 0 saturated heterocycles. The summed E-state index contributed by atoms with van der Waals surface area (Å²) in [5.41, 5.74) is 7.51. The summed E-state index contributed by atoms with van der Waals surface area (Å²) < 4.78 is 0. The lowest BCUT2D eigenvalue weighted by molar-refractivity contribution is -0.114. The van der Waals surface area contributed by atoms with E-state index in [1.807, 2.05) is 18.2 Å². The van der Waals surface area contributed by atoms with Gasteiger partial charge in [0.25, 0.3) is 0 Å². The normalized spacial score (nSPS) is 17.7. The van der Waals surface area contributed by atoms with Crippen molar-refractivity contribution in [1.82, 2.24) is 0 Å². The number of carbonyl (C=O) groups excluding carboxylic acids is 1. The Morgan fingerprint density at radius 1 is 1.40 bits per heavy atom. The zero-order chi connectivity index (χ0) is 9.97. The van der Waals surface area contributed by atoms with E-state index in [4.69, 9.17) is 5.73 Å². The van der Waals surface area contributed by atoms with Crippen molar-refractivity contribution in [3.63, 3.8) is 0 Å². The predicted molar refractivity (Wildman–Crippen MR) is 62.3 cm³/mol. The molecule has 0 unspecified atom stereocenters. The van der Waals surface area contributed by atoms with E-state index < -0.39 is 5.91 Å². The van der Waals surface area contributed by atoms with Gasteiger partial charge in [0, 0.05) is 18.2 Å². The monoisotopic (exact) mass is 223 g/mol. The average Bonchev–Trinajstić information content (AvgIpc) is 2.41. The van der Waals surface area contributed by atoms with Crippen LogP contribution in [0.25, 0.3) is 0 Å². The third-order valence-corrected chi connectivity index (χ3v) is 2.08. The molecule has 0 fully saturated rings. The van der Waals surface area contributed by atoms with E-state index >= 15 is 0 Å². The van der Waals surface area contributed by atoms with Gasteiger partial charge < -0.3 is 5.73 Å². The van der Waals surface area contributed by atoms with Gasteiger partial charge in [-0.25, -0.2) is 0 Å². The van der Waals surface area contributed by atoms with Crippen molar-refractivity contribution in [3.05, 3.63) is 35.5 Å². The number of hydrogen-bond acceptors (Lipinski definition) is 3. The molecule has 0 saturated carbocycles. The van der Waals surface area contributed by atoms with Crippen LogP contribution in [0.15, 0.2) is 45.7 Å². The Kier molecular flexibility index (Phi) is 3.57. The van der Waals surface area contributed by atoms with Gasteiger partial charge >= 0.3 is 0 Å². The molecule has 78 valence electrons. The Labute approximate surface area is 93.4 Å². The smallest absolute Gasteiger partial charge is 0.245 e. The van der Waals surface area contributed by atoms with E-state index in [-0.39, 0.29) is 12.4 Å². The summed E-state index contributed by atoms with van der Waals surface area (Å²) in [6, 6.07) is 0. The Bertz CT molecular complexity index is 430. The molecular weight excluding hydrogens is 214 g/mol. The molecule has 5 heteroatoms. The third kappa shape index (κ3) is 2.41. The fourth-order valence-electron chi connectivity index (χ4n) is 1.33. The first-order valence-electron chi connectivity index (χ1n) is 4.25. The lowest BCUT2D eigenvalue weighted by Crippen LogP contribution is -2.19. The molecule has 1 heterocycles. The van der Waals surface area contributed by atoms with Crippen molar-refractivity contribution >= 4 is 30.2 Å². The van der Waals surface area contributed by atoms with E-state index in [9.17, 15) is 4.79 Å². The number of fused-ring (bicyclic) bond motifs is 1. The van der Waals surface area contributed by atoms with Gasteiger partial charge in [-0.1, -0.05) is 18.2 Å². The van der Waals surface area contributed by atoms with Gasteiger partial charge in [-0.05, 0) is 11.6 Å². The first-order valence-corrected chi connectivity index (χ1v) is 4.25. The van der Waals surface area contributed by atoms with Crippen LogP contribution in [-0.4, -0.2) is 17.8 Å². The van der Waals surface area contributed by atoms with E-state index in [0.717, 1.165) is 11.3 Å². The fraction of sp³-hybridized carbons (Fsp3) is 0.100. The number of allylic oxidation sites excluding steroid dienone is 5. The summed E-state index contributed by atoms with van der Waals surface area (Å²) in [6.07, 6.45) is 9.34. The summed E-state index contributed by atoms with van der Waals surface area (Å²) in [5, 5.41) is 7.79. The van der Waals surface area contributed by atoms with Crippen LogP contribution in [0.3, 0.4) is 0 Å². The molecule has 1 aliphatic heterocycles. The van der Waals surface area contributed by atoms with Gasteiger partial charge in [-0.2, -0.15) is 10.2 Å². The highest BCUT2D eigenvalue weighted by molar-refractivity contribution is 6.11. The Balaban J connectivity index is 0.00000112. The van der Waals surface area contributed by atoms with Crippen LogP contribution < -0.4 is 5.73 Å². The zero-order valence-corrected chi connectivity index (χ0v) is 8.70. The number of hydrogen-bond donors (Lipinski definition) is 1. The number of amides is 1. The van der Waals surface area contributed by atoms with Crippen molar-refractivity contribution in [2.24, 2.45) is 15.9 Å². The van der Waals surface area contributed by atoms with Gasteiger partial charge in [0.2, 0.25) is 5.91 Å². The molecule has 0 aromatic carbocycles. The fourth-order valence-corrected chi connectivity index (χ4v) is 1.33. The molecule has 0 atom stereocenters. The van der Waals surface area contributed by atoms with Crippen molar-refractivity contribution in [1.29, 1.82) is 0 Å². The lowest BCUT2D eigenvalue weighted by atomic mass is 9.96. The zero-order valence-electron chi connectivity index (χ0n) is 7.88. The van der Waals surface area contributed by atoms with Gasteiger partial charge in [0.1, 0.15) is 0 Å². The molecule has 1 aliphatic carbocycles. The highest BCUT2D eigenvalue weighted by atomic mass is 35.5. The second kappa shape index (κ2) is 4.70. The van der Waals surface area contributed by atoms with Crippen LogP contribution in [0.1, 0.15) is 6.42 Å². The molecule has 0 radical (unpaired) electrons. The minimum absolute atomic E-state index is 0. The molecule has 1 amide bonds. The topological polar surface area (TPSA) is 67.8 Å². The van der Waals surface area contributed by atoms with Gasteiger partial charge in [-0.15, -0.1) is 12.4 Å². The number of rotatable bonds is 1. The SMILES string of the molecule is Cl.NC(=O)C1=CC=C2C=CC=NN=C2C1. The van der Waals surface area contributed by atoms with Crippen molar-refractivity contribution in [2.45, 2.75) is 6.42 Å². The predicted octanol–water partition coefficient (Wildman–Crippen LogP) is 1.15. The van der Waals surface area contributed by atoms with Gasteiger partial charge in [0.05, 0.1) is 5.71 Å². The molecule has 0 aromatic rings. The number of primary amides is 1. The second-order valence-electron chi connectivity index (χ2n) is 3.03. The van der Waals surface area contributed by atoms with Crippen LogP contribution in [-0.2, 0) is 4.79 Å². The van der Waals surface area contributed by atoms with Crippen LogP contribution in [0.4, 0.5) is 0 Å². The van der Waals surface area contributed by atoms with E-state index in [2.05, 4.69) is 10.2 Å². The Morgan fingerprint density at radius 3 is 2.93 bits per heavy atom. The number of carbonyl (C=O) groups is 1. The molecular formula is C10H10ClN3O. The molecule has 0 aromatic heterocycles. The second-order valence-corrected chi connectivity index (χ2v) is 3.03. The standard InChI is InChI=1S/C10H9N3O.ClH/c11-10(14)8-4-3-7-2-1-5-12-13-9(7)6-8;/h1-5H,6H2,(H2,11,14);1H. The van der Waals surface area contributed by atoms with E-state index in [1.165, 1.54) is 0 Å². The molecule has 15 heavy (non-hydrogen) atoms.